The second-order valence-electron chi connectivity index (χ2n) is 7.11. The molecule has 4 nitrogen and oxygen atoms in total. The van der Waals surface area contributed by atoms with E-state index in [1.165, 1.54) is 16.8 Å². The first-order chi connectivity index (χ1) is 14.0. The topological polar surface area (TPSA) is 39.1 Å². The van der Waals surface area contributed by atoms with E-state index in [0.717, 1.165) is 47.9 Å². The van der Waals surface area contributed by atoms with Crippen LogP contribution >= 0.6 is 0 Å². The van der Waals surface area contributed by atoms with Gasteiger partial charge >= 0.3 is 6.18 Å². The Labute approximate surface area is 167 Å². The number of alkyl halides is 3. The minimum absolute atomic E-state index is 0.0440. The van der Waals surface area contributed by atoms with Crippen molar-refractivity contribution in [3.63, 3.8) is 0 Å². The van der Waals surface area contributed by atoms with Gasteiger partial charge in [-0.3, -0.25) is 0 Å². The third-order valence-corrected chi connectivity index (χ3v) is 5.16. The summed E-state index contributed by atoms with van der Waals surface area (Å²) in [6.45, 7) is 0.714. The molecule has 2 aromatic carbocycles. The summed E-state index contributed by atoms with van der Waals surface area (Å²) in [7, 11) is 1.61. The molecule has 1 aromatic heterocycles. The van der Waals surface area contributed by atoms with Gasteiger partial charge in [0.2, 0.25) is 0 Å². The van der Waals surface area contributed by atoms with E-state index in [1.54, 1.807) is 13.2 Å². The van der Waals surface area contributed by atoms with Crippen LogP contribution in [0.5, 0.6) is 5.75 Å². The summed E-state index contributed by atoms with van der Waals surface area (Å²) in [6, 6.07) is 13.3. The summed E-state index contributed by atoms with van der Waals surface area (Å²) in [5.41, 5.74) is 2.14. The number of para-hydroxylation sites is 1. The van der Waals surface area contributed by atoms with Gasteiger partial charge in [-0.2, -0.15) is 18.3 Å². The number of hydrogen-bond donors (Lipinski definition) is 1. The Bertz CT molecular complexity index is 1010. The predicted octanol–water partition coefficient (Wildman–Crippen LogP) is 5.24. The maximum absolute atomic E-state index is 13.6. The second kappa shape index (κ2) is 7.81. The third kappa shape index (κ3) is 3.95. The van der Waals surface area contributed by atoms with E-state index in [-0.39, 0.29) is 5.69 Å². The fourth-order valence-corrected chi connectivity index (χ4v) is 3.76. The molecule has 1 aliphatic heterocycles. The van der Waals surface area contributed by atoms with E-state index < -0.39 is 11.7 Å². The summed E-state index contributed by atoms with van der Waals surface area (Å²) in [5.74, 6) is 1.41. The van der Waals surface area contributed by atoms with Crippen LogP contribution in [0.1, 0.15) is 35.2 Å². The molecule has 0 bridgehead atoms. The van der Waals surface area contributed by atoms with Gasteiger partial charge in [0.05, 0.1) is 24.1 Å². The van der Waals surface area contributed by atoms with Crippen LogP contribution in [0.15, 0.2) is 48.5 Å². The van der Waals surface area contributed by atoms with Crippen molar-refractivity contribution in [3.8, 4) is 11.4 Å². The van der Waals surface area contributed by atoms with Crippen LogP contribution in [0, 0.1) is 0 Å². The van der Waals surface area contributed by atoms with Crippen LogP contribution < -0.4 is 10.1 Å². The Balaban J connectivity index is 1.82. The average molecular weight is 401 g/mol. The molecule has 0 spiro atoms. The van der Waals surface area contributed by atoms with Crippen molar-refractivity contribution in [2.24, 2.45) is 0 Å². The van der Waals surface area contributed by atoms with Crippen LogP contribution in [0.2, 0.25) is 0 Å². The van der Waals surface area contributed by atoms with Gasteiger partial charge in [0.1, 0.15) is 11.6 Å². The molecule has 29 heavy (non-hydrogen) atoms. The van der Waals surface area contributed by atoms with Crippen molar-refractivity contribution in [1.29, 1.82) is 0 Å². The first-order valence-corrected chi connectivity index (χ1v) is 9.61. The number of nitrogens with one attached hydrogen (secondary N) is 1. The Morgan fingerprint density at radius 1 is 1.10 bits per heavy atom. The molecule has 4 rings (SSSR count). The van der Waals surface area contributed by atoms with Crippen molar-refractivity contribution < 1.29 is 17.9 Å². The lowest BCUT2D eigenvalue weighted by atomic mass is 10.0. The number of hydrogen-bond acceptors (Lipinski definition) is 3. The van der Waals surface area contributed by atoms with Crippen LogP contribution in [0.3, 0.4) is 0 Å². The number of halogens is 3. The summed E-state index contributed by atoms with van der Waals surface area (Å²) in [5, 5.41) is 7.95. The fourth-order valence-electron chi connectivity index (χ4n) is 3.76. The molecule has 152 valence electrons. The van der Waals surface area contributed by atoms with Crippen molar-refractivity contribution >= 4 is 5.82 Å². The minimum Gasteiger partial charge on any atom is -0.497 e. The van der Waals surface area contributed by atoms with Crippen molar-refractivity contribution in [3.05, 3.63) is 70.9 Å². The zero-order valence-electron chi connectivity index (χ0n) is 16.1. The van der Waals surface area contributed by atoms with E-state index in [9.17, 15) is 13.2 Å². The maximum atomic E-state index is 13.6. The molecule has 0 saturated heterocycles. The second-order valence-corrected chi connectivity index (χ2v) is 7.11. The van der Waals surface area contributed by atoms with Gasteiger partial charge in [-0.25, -0.2) is 4.68 Å². The SMILES string of the molecule is COc1cccc(Cc2nn(-c3ccccc3C(F)(F)F)c3c2CCCCN3)c1. The van der Waals surface area contributed by atoms with E-state index in [1.807, 2.05) is 24.3 Å². The van der Waals surface area contributed by atoms with E-state index in [2.05, 4.69) is 10.4 Å². The third-order valence-electron chi connectivity index (χ3n) is 5.16. The quantitative estimate of drug-likeness (QED) is 0.650. The van der Waals surface area contributed by atoms with E-state index in [0.29, 0.717) is 18.8 Å². The number of methoxy groups -OCH3 is 1. The summed E-state index contributed by atoms with van der Waals surface area (Å²) in [6.07, 6.45) is -1.20. The molecule has 1 aliphatic rings. The molecule has 7 heteroatoms. The van der Waals surface area contributed by atoms with Crippen LogP contribution in [0.25, 0.3) is 5.69 Å². The van der Waals surface area contributed by atoms with Crippen molar-refractivity contribution in [2.75, 3.05) is 19.0 Å². The first-order valence-electron chi connectivity index (χ1n) is 9.61. The molecule has 0 aliphatic carbocycles. The average Bonchev–Trinajstić information content (AvgIpc) is 2.88. The lowest BCUT2D eigenvalue weighted by Gasteiger charge is -2.15. The summed E-state index contributed by atoms with van der Waals surface area (Å²) >= 11 is 0. The molecule has 0 atom stereocenters. The maximum Gasteiger partial charge on any atom is 0.418 e. The normalized spacial score (nSPS) is 14.1. The molecule has 0 unspecified atom stereocenters. The monoisotopic (exact) mass is 401 g/mol. The molecular formula is C22H22F3N3O. The van der Waals surface area contributed by atoms with E-state index >= 15 is 0 Å². The lowest BCUT2D eigenvalue weighted by Crippen LogP contribution is -2.14. The van der Waals surface area contributed by atoms with Gasteiger partial charge in [-0.05, 0) is 49.1 Å². The highest BCUT2D eigenvalue weighted by molar-refractivity contribution is 5.57. The molecule has 0 saturated carbocycles. The molecular weight excluding hydrogens is 379 g/mol. The molecule has 0 radical (unpaired) electrons. The first kappa shape index (κ1) is 19.4. The lowest BCUT2D eigenvalue weighted by molar-refractivity contribution is -0.137. The fraction of sp³-hybridized carbons (Fsp3) is 0.318. The van der Waals surface area contributed by atoms with Crippen LogP contribution in [0.4, 0.5) is 19.0 Å². The standard InChI is InChI=1S/C22H22F3N3O/c1-29-16-8-6-7-15(13-16)14-19-17-9-4-5-12-26-21(17)28(27-19)20-11-3-2-10-18(20)22(23,24)25/h2-3,6-8,10-11,13,26H,4-5,9,12,14H2,1H3. The highest BCUT2D eigenvalue weighted by Crippen LogP contribution is 2.37. The Hall–Kier alpha value is -2.96. The molecule has 0 fully saturated rings. The molecule has 0 amide bonds. The van der Waals surface area contributed by atoms with Crippen molar-refractivity contribution in [1.82, 2.24) is 9.78 Å². The highest BCUT2D eigenvalue weighted by Gasteiger charge is 2.35. The van der Waals surface area contributed by atoms with Crippen molar-refractivity contribution in [2.45, 2.75) is 31.9 Å². The van der Waals surface area contributed by atoms with Gasteiger partial charge in [-0.15, -0.1) is 0 Å². The zero-order chi connectivity index (χ0) is 20.4. The van der Waals surface area contributed by atoms with Gasteiger partial charge in [0, 0.05) is 18.5 Å². The minimum atomic E-state index is -4.45. The Morgan fingerprint density at radius 3 is 2.72 bits per heavy atom. The Kier molecular flexibility index (Phi) is 5.22. The predicted molar refractivity (Wildman–Crippen MR) is 106 cm³/mol. The van der Waals surface area contributed by atoms with Gasteiger partial charge in [0.25, 0.3) is 0 Å². The number of ether oxygens (including phenoxy) is 1. The highest BCUT2D eigenvalue weighted by atomic mass is 19.4. The molecule has 3 aromatic rings. The van der Waals surface area contributed by atoms with Gasteiger partial charge in [-0.1, -0.05) is 24.3 Å². The Morgan fingerprint density at radius 2 is 1.93 bits per heavy atom. The van der Waals surface area contributed by atoms with Crippen LogP contribution in [-0.2, 0) is 19.0 Å². The number of fused-ring (bicyclic) bond motifs is 1. The smallest absolute Gasteiger partial charge is 0.418 e. The summed E-state index contributed by atoms with van der Waals surface area (Å²) < 4.78 is 47.5. The number of nitrogens with zero attached hydrogens (tertiary/aromatic N) is 2. The van der Waals surface area contributed by atoms with Gasteiger partial charge in [0.15, 0.2) is 0 Å². The number of anilines is 1. The molecule has 2 heterocycles. The number of aromatic nitrogens is 2. The molecule has 1 N–H and O–H groups in total. The summed E-state index contributed by atoms with van der Waals surface area (Å²) in [4.78, 5) is 0. The zero-order valence-corrected chi connectivity index (χ0v) is 16.1. The number of benzene rings is 2. The van der Waals surface area contributed by atoms with Gasteiger partial charge < -0.3 is 10.1 Å². The van der Waals surface area contributed by atoms with Crippen LogP contribution in [-0.4, -0.2) is 23.4 Å². The largest absolute Gasteiger partial charge is 0.497 e. The number of rotatable bonds is 4. The van der Waals surface area contributed by atoms with E-state index in [4.69, 9.17) is 4.74 Å².